The number of aromatic carboxylic acids is 1. The average Bonchev–Trinajstić information content (AvgIpc) is 2.46. The van der Waals surface area contributed by atoms with Crippen LogP contribution >= 0.6 is 0 Å². The normalized spacial score (nSPS) is 22.5. The minimum absolute atomic E-state index is 0.0503. The van der Waals surface area contributed by atoms with E-state index in [9.17, 15) is 9.90 Å². The van der Waals surface area contributed by atoms with Crippen LogP contribution in [0.5, 0.6) is 0 Å². The number of piperidine rings is 1. The first-order chi connectivity index (χ1) is 10.1. The van der Waals surface area contributed by atoms with Gasteiger partial charge in [0, 0.05) is 17.5 Å². The van der Waals surface area contributed by atoms with Crippen LogP contribution in [-0.2, 0) is 0 Å². The lowest BCUT2D eigenvalue weighted by atomic mass is 9.95. The van der Waals surface area contributed by atoms with E-state index < -0.39 is 5.97 Å². The first-order valence-electron chi connectivity index (χ1n) is 7.36. The predicted octanol–water partition coefficient (Wildman–Crippen LogP) is 3.10. The predicted molar refractivity (Wildman–Crippen MR) is 81.8 cm³/mol. The zero-order chi connectivity index (χ0) is 15.0. The summed E-state index contributed by atoms with van der Waals surface area (Å²) in [5.74, 6) is -1.02. The van der Waals surface area contributed by atoms with Crippen molar-refractivity contribution in [3.63, 3.8) is 0 Å². The minimum Gasteiger partial charge on any atom is -0.476 e. The molecule has 21 heavy (non-hydrogen) atoms. The first-order valence-corrected chi connectivity index (χ1v) is 7.36. The lowest BCUT2D eigenvalue weighted by Crippen LogP contribution is -2.44. The number of fused-ring (bicyclic) bond motifs is 1. The van der Waals surface area contributed by atoms with Crippen LogP contribution in [0.3, 0.4) is 0 Å². The zero-order valence-corrected chi connectivity index (χ0v) is 12.3. The van der Waals surface area contributed by atoms with Crippen LogP contribution in [0.2, 0.25) is 0 Å². The third-order valence-corrected chi connectivity index (χ3v) is 4.30. The van der Waals surface area contributed by atoms with Gasteiger partial charge in [0.2, 0.25) is 0 Å². The number of benzene rings is 1. The van der Waals surface area contributed by atoms with Gasteiger partial charge in [0.05, 0.1) is 11.2 Å². The Bertz CT molecular complexity index is 676. The van der Waals surface area contributed by atoms with Crippen LogP contribution in [0.15, 0.2) is 24.3 Å². The zero-order valence-electron chi connectivity index (χ0n) is 12.3. The molecule has 0 aliphatic carbocycles. The van der Waals surface area contributed by atoms with E-state index in [1.165, 1.54) is 6.42 Å². The molecule has 2 atom stereocenters. The molecule has 0 bridgehead atoms. The second kappa shape index (κ2) is 5.31. The van der Waals surface area contributed by atoms with Gasteiger partial charge in [-0.05, 0) is 39.2 Å². The van der Waals surface area contributed by atoms with Crippen molar-refractivity contribution in [3.05, 3.63) is 30.0 Å². The van der Waals surface area contributed by atoms with E-state index in [1.54, 1.807) is 0 Å². The van der Waals surface area contributed by atoms with Crippen molar-refractivity contribution in [1.29, 1.82) is 0 Å². The molecule has 5 heteroatoms. The SMILES string of the molecule is C[C@@H]1CCC[C@H](C)N1c1c(C(=O)O)nnc2ccccc12. The maximum Gasteiger partial charge on any atom is 0.358 e. The van der Waals surface area contributed by atoms with Gasteiger partial charge < -0.3 is 10.0 Å². The molecule has 0 spiro atoms. The maximum absolute atomic E-state index is 11.6. The van der Waals surface area contributed by atoms with Crippen molar-refractivity contribution in [3.8, 4) is 0 Å². The van der Waals surface area contributed by atoms with Crippen molar-refractivity contribution in [2.45, 2.75) is 45.2 Å². The van der Waals surface area contributed by atoms with Gasteiger partial charge in [-0.25, -0.2) is 4.79 Å². The summed E-state index contributed by atoms with van der Waals surface area (Å²) in [4.78, 5) is 13.8. The number of hydrogen-bond donors (Lipinski definition) is 1. The van der Waals surface area contributed by atoms with Crippen LogP contribution in [-0.4, -0.2) is 33.4 Å². The number of anilines is 1. The van der Waals surface area contributed by atoms with Gasteiger partial charge in [-0.15, -0.1) is 10.2 Å². The summed E-state index contributed by atoms with van der Waals surface area (Å²) in [5, 5.41) is 18.4. The van der Waals surface area contributed by atoms with Gasteiger partial charge in [-0.2, -0.15) is 0 Å². The molecular formula is C16H19N3O2. The third-order valence-electron chi connectivity index (χ3n) is 4.30. The van der Waals surface area contributed by atoms with Crippen LogP contribution in [0.4, 0.5) is 5.69 Å². The quantitative estimate of drug-likeness (QED) is 0.918. The highest BCUT2D eigenvalue weighted by Gasteiger charge is 2.30. The lowest BCUT2D eigenvalue weighted by molar-refractivity contribution is 0.0690. The summed E-state index contributed by atoms with van der Waals surface area (Å²) < 4.78 is 0. The van der Waals surface area contributed by atoms with Crippen LogP contribution < -0.4 is 4.90 Å². The fourth-order valence-corrected chi connectivity index (χ4v) is 3.31. The van der Waals surface area contributed by atoms with Crippen LogP contribution in [0.1, 0.15) is 43.6 Å². The molecule has 1 aliphatic heterocycles. The van der Waals surface area contributed by atoms with E-state index in [-0.39, 0.29) is 5.69 Å². The number of nitrogens with zero attached hydrogens (tertiary/aromatic N) is 3. The molecular weight excluding hydrogens is 266 g/mol. The summed E-state index contributed by atoms with van der Waals surface area (Å²) in [6.07, 6.45) is 3.32. The average molecular weight is 285 g/mol. The Kier molecular flexibility index (Phi) is 3.49. The molecule has 5 nitrogen and oxygen atoms in total. The van der Waals surface area contributed by atoms with E-state index in [0.29, 0.717) is 17.8 Å². The fraction of sp³-hybridized carbons (Fsp3) is 0.438. The Balaban J connectivity index is 2.27. The Morgan fingerprint density at radius 1 is 1.19 bits per heavy atom. The van der Waals surface area contributed by atoms with Gasteiger partial charge >= 0.3 is 5.97 Å². The third kappa shape index (κ3) is 2.33. The number of carbonyl (C=O) groups is 1. The lowest BCUT2D eigenvalue weighted by Gasteiger charge is -2.41. The highest BCUT2D eigenvalue weighted by molar-refractivity contribution is 6.03. The first kappa shape index (κ1) is 13.8. The monoisotopic (exact) mass is 285 g/mol. The van der Waals surface area contributed by atoms with E-state index in [4.69, 9.17) is 0 Å². The summed E-state index contributed by atoms with van der Waals surface area (Å²) in [6.45, 7) is 4.30. The molecule has 0 saturated carbocycles. The number of aromatic nitrogens is 2. The van der Waals surface area contributed by atoms with E-state index in [2.05, 4.69) is 28.9 Å². The molecule has 1 N–H and O–H groups in total. The summed E-state index contributed by atoms with van der Waals surface area (Å²) in [6, 6.07) is 8.22. The molecule has 0 unspecified atom stereocenters. The van der Waals surface area contributed by atoms with Gasteiger partial charge in [-0.1, -0.05) is 18.2 Å². The fourth-order valence-electron chi connectivity index (χ4n) is 3.31. The summed E-state index contributed by atoms with van der Waals surface area (Å²) >= 11 is 0. The largest absolute Gasteiger partial charge is 0.476 e. The van der Waals surface area contributed by atoms with Crippen molar-refractivity contribution >= 4 is 22.6 Å². The van der Waals surface area contributed by atoms with Crippen molar-refractivity contribution in [1.82, 2.24) is 10.2 Å². The Labute approximate surface area is 123 Å². The summed E-state index contributed by atoms with van der Waals surface area (Å²) in [7, 11) is 0. The number of hydrogen-bond acceptors (Lipinski definition) is 4. The Morgan fingerprint density at radius 3 is 2.52 bits per heavy atom. The van der Waals surface area contributed by atoms with E-state index in [0.717, 1.165) is 23.7 Å². The number of carboxylic acids is 1. The second-order valence-corrected chi connectivity index (χ2v) is 5.76. The topological polar surface area (TPSA) is 66.3 Å². The van der Waals surface area contributed by atoms with Gasteiger partial charge in [0.1, 0.15) is 0 Å². The molecule has 2 heterocycles. The second-order valence-electron chi connectivity index (χ2n) is 5.76. The molecule has 0 radical (unpaired) electrons. The molecule has 1 aromatic carbocycles. The Morgan fingerprint density at radius 2 is 1.86 bits per heavy atom. The standard InChI is InChI=1S/C16H19N3O2/c1-10-6-5-7-11(2)19(10)15-12-8-3-4-9-13(12)17-18-14(15)16(20)21/h3-4,8-11H,5-7H2,1-2H3,(H,20,21)/t10-,11+. The molecule has 1 aromatic heterocycles. The van der Waals surface area contributed by atoms with Crippen molar-refractivity contribution in [2.75, 3.05) is 4.90 Å². The van der Waals surface area contributed by atoms with Crippen LogP contribution in [0.25, 0.3) is 10.9 Å². The van der Waals surface area contributed by atoms with Crippen molar-refractivity contribution in [2.24, 2.45) is 0 Å². The molecule has 2 aromatic rings. The number of rotatable bonds is 2. The van der Waals surface area contributed by atoms with Gasteiger partial charge in [0.25, 0.3) is 0 Å². The molecule has 1 fully saturated rings. The Hall–Kier alpha value is -2.17. The number of carboxylic acid groups (broad SMARTS) is 1. The molecule has 1 aliphatic rings. The highest BCUT2D eigenvalue weighted by atomic mass is 16.4. The van der Waals surface area contributed by atoms with Crippen LogP contribution in [0, 0.1) is 0 Å². The van der Waals surface area contributed by atoms with Gasteiger partial charge in [-0.3, -0.25) is 0 Å². The maximum atomic E-state index is 11.6. The molecule has 1 saturated heterocycles. The van der Waals surface area contributed by atoms with Gasteiger partial charge in [0.15, 0.2) is 5.69 Å². The highest BCUT2D eigenvalue weighted by Crippen LogP contribution is 2.35. The molecule has 0 amide bonds. The van der Waals surface area contributed by atoms with Crippen molar-refractivity contribution < 1.29 is 9.90 Å². The molecule has 3 rings (SSSR count). The van der Waals surface area contributed by atoms with E-state index in [1.807, 2.05) is 24.3 Å². The minimum atomic E-state index is -1.02. The smallest absolute Gasteiger partial charge is 0.358 e. The summed E-state index contributed by atoms with van der Waals surface area (Å²) in [5.41, 5.74) is 1.50. The molecule has 110 valence electrons. The van der Waals surface area contributed by atoms with E-state index >= 15 is 0 Å².